The normalized spacial score (nSPS) is 12.0. The maximum atomic E-state index is 6.13. The van der Waals surface area contributed by atoms with Gasteiger partial charge in [-0.25, -0.2) is 4.98 Å². The van der Waals surface area contributed by atoms with E-state index in [-0.39, 0.29) is 6.04 Å². The Labute approximate surface area is 123 Å². The summed E-state index contributed by atoms with van der Waals surface area (Å²) in [5, 5.41) is 4.10. The van der Waals surface area contributed by atoms with Gasteiger partial charge in [-0.15, -0.1) is 0 Å². The number of aromatic nitrogens is 1. The zero-order chi connectivity index (χ0) is 14.5. The molecule has 0 aliphatic carbocycles. The number of nitrogens with one attached hydrogen (secondary N) is 1. The predicted octanol–water partition coefficient (Wildman–Crippen LogP) is 3.16. The summed E-state index contributed by atoms with van der Waals surface area (Å²) in [4.78, 5) is 4.20. The lowest BCUT2D eigenvalue weighted by atomic mass is 10.1. The molecule has 0 amide bonds. The van der Waals surface area contributed by atoms with Gasteiger partial charge in [0.1, 0.15) is 0 Å². The summed E-state index contributed by atoms with van der Waals surface area (Å²) in [5.74, 6) is 0.586. The molecule has 2 aromatic rings. The summed E-state index contributed by atoms with van der Waals surface area (Å²) in [6, 6.07) is 9.61. The number of anilines is 1. The fourth-order valence-corrected chi connectivity index (χ4v) is 2.06. The number of rotatable bonds is 5. The molecule has 2 rings (SSSR count). The number of nitrogens with zero attached hydrogens (tertiary/aromatic N) is 1. The van der Waals surface area contributed by atoms with Crippen molar-refractivity contribution in [2.45, 2.75) is 13.0 Å². The number of pyridine rings is 1. The minimum atomic E-state index is -0.0211. The van der Waals surface area contributed by atoms with Crippen LogP contribution in [0.1, 0.15) is 17.2 Å². The quantitative estimate of drug-likeness (QED) is 0.888. The van der Waals surface area contributed by atoms with Crippen molar-refractivity contribution in [1.29, 1.82) is 0 Å². The molecule has 1 atom stereocenters. The zero-order valence-electron chi connectivity index (χ0n) is 11.6. The molecule has 106 valence electrons. The highest BCUT2D eigenvalue weighted by Gasteiger charge is 2.10. The average molecular weight is 292 g/mol. The van der Waals surface area contributed by atoms with Crippen molar-refractivity contribution in [3.8, 4) is 5.88 Å². The van der Waals surface area contributed by atoms with E-state index in [9.17, 15) is 0 Å². The standard InChI is InChI=1S/C15H18ClN3O/c1-10-3-5-12(7-13(10)16)19-14(8-17)11-4-6-15(20-2)18-9-11/h3-7,9,14,19H,8,17H2,1-2H3. The molecule has 0 radical (unpaired) electrons. The third-order valence-electron chi connectivity index (χ3n) is 3.12. The van der Waals surface area contributed by atoms with Crippen molar-refractivity contribution < 1.29 is 4.74 Å². The molecule has 0 aliphatic heterocycles. The second-order valence-electron chi connectivity index (χ2n) is 4.53. The second kappa shape index (κ2) is 6.59. The minimum Gasteiger partial charge on any atom is -0.481 e. The average Bonchev–Trinajstić information content (AvgIpc) is 2.48. The van der Waals surface area contributed by atoms with Gasteiger partial charge in [-0.05, 0) is 30.2 Å². The van der Waals surface area contributed by atoms with Crippen LogP contribution in [0.5, 0.6) is 5.88 Å². The van der Waals surface area contributed by atoms with Crippen LogP contribution in [0, 0.1) is 6.92 Å². The van der Waals surface area contributed by atoms with Gasteiger partial charge in [0.05, 0.1) is 13.2 Å². The highest BCUT2D eigenvalue weighted by molar-refractivity contribution is 6.31. The Morgan fingerprint density at radius 1 is 1.35 bits per heavy atom. The number of aryl methyl sites for hydroxylation is 1. The summed E-state index contributed by atoms with van der Waals surface area (Å²) < 4.78 is 5.05. The van der Waals surface area contributed by atoms with E-state index in [4.69, 9.17) is 22.1 Å². The van der Waals surface area contributed by atoms with E-state index in [1.54, 1.807) is 13.3 Å². The first-order valence-corrected chi connectivity index (χ1v) is 6.74. The molecule has 0 fully saturated rings. The summed E-state index contributed by atoms with van der Waals surface area (Å²) in [7, 11) is 1.59. The van der Waals surface area contributed by atoms with Crippen molar-refractivity contribution in [2.24, 2.45) is 5.73 Å². The van der Waals surface area contributed by atoms with Gasteiger partial charge < -0.3 is 15.8 Å². The zero-order valence-corrected chi connectivity index (χ0v) is 12.3. The van der Waals surface area contributed by atoms with E-state index < -0.39 is 0 Å². The molecule has 5 heteroatoms. The first-order valence-electron chi connectivity index (χ1n) is 6.36. The van der Waals surface area contributed by atoms with Gasteiger partial charge in [-0.2, -0.15) is 0 Å². The third kappa shape index (κ3) is 3.40. The fourth-order valence-electron chi connectivity index (χ4n) is 1.88. The van der Waals surface area contributed by atoms with Gasteiger partial charge in [-0.1, -0.05) is 23.7 Å². The molecule has 1 heterocycles. The lowest BCUT2D eigenvalue weighted by Crippen LogP contribution is -2.20. The van der Waals surface area contributed by atoms with Crippen molar-refractivity contribution in [1.82, 2.24) is 4.98 Å². The van der Waals surface area contributed by atoms with Crippen LogP contribution in [0.25, 0.3) is 0 Å². The Kier molecular flexibility index (Phi) is 4.82. The van der Waals surface area contributed by atoms with Crippen LogP contribution in [0.15, 0.2) is 36.5 Å². The summed E-state index contributed by atoms with van der Waals surface area (Å²) in [6.45, 7) is 2.43. The number of halogens is 1. The van der Waals surface area contributed by atoms with E-state index >= 15 is 0 Å². The molecular formula is C15H18ClN3O. The van der Waals surface area contributed by atoms with Crippen LogP contribution in [0.3, 0.4) is 0 Å². The van der Waals surface area contributed by atoms with Crippen molar-refractivity contribution in [2.75, 3.05) is 19.0 Å². The molecule has 3 N–H and O–H groups in total. The lowest BCUT2D eigenvalue weighted by Gasteiger charge is -2.19. The van der Waals surface area contributed by atoms with Crippen LogP contribution in [-0.2, 0) is 0 Å². The number of hydrogen-bond donors (Lipinski definition) is 2. The van der Waals surface area contributed by atoms with E-state index in [1.165, 1.54) is 0 Å². The maximum Gasteiger partial charge on any atom is 0.212 e. The first kappa shape index (κ1) is 14.6. The van der Waals surface area contributed by atoms with Gasteiger partial charge in [0, 0.05) is 29.5 Å². The van der Waals surface area contributed by atoms with E-state index in [0.717, 1.165) is 21.8 Å². The van der Waals surface area contributed by atoms with Gasteiger partial charge >= 0.3 is 0 Å². The SMILES string of the molecule is COc1ccc(C(CN)Nc2ccc(C)c(Cl)c2)cn1. The lowest BCUT2D eigenvalue weighted by molar-refractivity contribution is 0.397. The van der Waals surface area contributed by atoms with Crippen LogP contribution in [0.2, 0.25) is 5.02 Å². The molecule has 0 saturated carbocycles. The van der Waals surface area contributed by atoms with E-state index in [2.05, 4.69) is 10.3 Å². The highest BCUT2D eigenvalue weighted by atomic mass is 35.5. The Balaban J connectivity index is 2.16. The van der Waals surface area contributed by atoms with Gasteiger partial charge in [-0.3, -0.25) is 0 Å². The van der Waals surface area contributed by atoms with Crippen molar-refractivity contribution >= 4 is 17.3 Å². The molecular weight excluding hydrogens is 274 g/mol. The fraction of sp³-hybridized carbons (Fsp3) is 0.267. The second-order valence-corrected chi connectivity index (χ2v) is 4.94. The number of benzene rings is 1. The molecule has 1 aromatic carbocycles. The summed E-state index contributed by atoms with van der Waals surface area (Å²) >= 11 is 6.13. The van der Waals surface area contributed by atoms with Crippen LogP contribution in [0.4, 0.5) is 5.69 Å². The molecule has 0 spiro atoms. The predicted molar refractivity (Wildman–Crippen MR) is 82.4 cm³/mol. The van der Waals surface area contributed by atoms with Gasteiger partial charge in [0.2, 0.25) is 5.88 Å². The monoisotopic (exact) mass is 291 g/mol. The van der Waals surface area contributed by atoms with Gasteiger partial charge in [0.15, 0.2) is 0 Å². The molecule has 0 saturated heterocycles. The maximum absolute atomic E-state index is 6.13. The number of nitrogens with two attached hydrogens (primary N) is 1. The third-order valence-corrected chi connectivity index (χ3v) is 3.53. The Hall–Kier alpha value is -1.78. The summed E-state index contributed by atoms with van der Waals surface area (Å²) in [6.07, 6.45) is 1.76. The summed E-state index contributed by atoms with van der Waals surface area (Å²) in [5.41, 5.74) is 8.83. The Morgan fingerprint density at radius 3 is 2.70 bits per heavy atom. The van der Waals surface area contributed by atoms with Gasteiger partial charge in [0.25, 0.3) is 0 Å². The van der Waals surface area contributed by atoms with Crippen LogP contribution < -0.4 is 15.8 Å². The molecule has 0 bridgehead atoms. The molecule has 4 nitrogen and oxygen atoms in total. The largest absolute Gasteiger partial charge is 0.481 e. The topological polar surface area (TPSA) is 60.2 Å². The molecule has 1 unspecified atom stereocenters. The minimum absolute atomic E-state index is 0.0211. The number of ether oxygens (including phenoxy) is 1. The smallest absolute Gasteiger partial charge is 0.212 e. The molecule has 20 heavy (non-hydrogen) atoms. The van der Waals surface area contributed by atoms with Crippen molar-refractivity contribution in [3.05, 3.63) is 52.7 Å². The van der Waals surface area contributed by atoms with E-state index in [0.29, 0.717) is 12.4 Å². The Bertz CT molecular complexity index is 572. The molecule has 0 aliphatic rings. The first-order chi connectivity index (χ1) is 9.63. The molecule has 1 aromatic heterocycles. The Morgan fingerprint density at radius 2 is 2.15 bits per heavy atom. The highest BCUT2D eigenvalue weighted by Crippen LogP contribution is 2.24. The van der Waals surface area contributed by atoms with E-state index in [1.807, 2.05) is 37.3 Å². The number of hydrogen-bond acceptors (Lipinski definition) is 4. The van der Waals surface area contributed by atoms with Crippen molar-refractivity contribution in [3.63, 3.8) is 0 Å². The van der Waals surface area contributed by atoms with Crippen LogP contribution >= 0.6 is 11.6 Å². The number of methoxy groups -OCH3 is 1. The van der Waals surface area contributed by atoms with Crippen LogP contribution in [-0.4, -0.2) is 18.6 Å².